The molecule has 5 nitrogen and oxygen atoms in total. The van der Waals surface area contributed by atoms with Gasteiger partial charge in [0, 0.05) is 18.7 Å². The lowest BCUT2D eigenvalue weighted by atomic mass is 10.0. The summed E-state index contributed by atoms with van der Waals surface area (Å²) in [5, 5.41) is 3.20. The molecule has 1 amide bonds. The molecule has 1 aliphatic carbocycles. The predicted molar refractivity (Wildman–Crippen MR) is 79.3 cm³/mol. The largest absolute Gasteiger partial charge is 0.496 e. The summed E-state index contributed by atoms with van der Waals surface area (Å²) in [6.45, 7) is 3.53. The van der Waals surface area contributed by atoms with Crippen molar-refractivity contribution < 1.29 is 14.3 Å². The monoisotopic (exact) mass is 290 g/mol. The Morgan fingerprint density at radius 3 is 2.71 bits per heavy atom. The topological polar surface area (TPSA) is 50.8 Å². The highest BCUT2D eigenvalue weighted by Gasteiger charge is 2.47. The maximum absolute atomic E-state index is 12.3. The van der Waals surface area contributed by atoms with E-state index in [1.54, 1.807) is 7.11 Å². The highest BCUT2D eigenvalue weighted by Crippen LogP contribution is 2.48. The maximum atomic E-state index is 12.3. The van der Waals surface area contributed by atoms with E-state index in [1.807, 2.05) is 24.3 Å². The van der Waals surface area contributed by atoms with Gasteiger partial charge in [-0.15, -0.1) is 0 Å². The van der Waals surface area contributed by atoms with E-state index in [4.69, 9.17) is 9.47 Å². The molecule has 0 bridgehead atoms. The Kier molecular flexibility index (Phi) is 4.12. The lowest BCUT2D eigenvalue weighted by Crippen LogP contribution is -2.45. The number of hydrogen-bond donors (Lipinski definition) is 1. The van der Waals surface area contributed by atoms with Gasteiger partial charge in [0.1, 0.15) is 5.75 Å². The number of benzene rings is 1. The molecule has 2 aliphatic rings. The van der Waals surface area contributed by atoms with Crippen LogP contribution in [0.1, 0.15) is 18.4 Å². The number of hydrogen-bond acceptors (Lipinski definition) is 4. The molecule has 0 aromatic heterocycles. The number of amides is 1. The van der Waals surface area contributed by atoms with Crippen molar-refractivity contribution in [3.63, 3.8) is 0 Å². The third-order valence-electron chi connectivity index (χ3n) is 4.22. The summed E-state index contributed by atoms with van der Waals surface area (Å²) in [7, 11) is 1.67. The van der Waals surface area contributed by atoms with Gasteiger partial charge < -0.3 is 14.8 Å². The number of carbonyl (C=O) groups excluding carboxylic acids is 1. The third kappa shape index (κ3) is 3.19. The van der Waals surface area contributed by atoms with Crippen LogP contribution >= 0.6 is 0 Å². The minimum atomic E-state index is -0.226. The van der Waals surface area contributed by atoms with E-state index in [2.05, 4.69) is 10.2 Å². The van der Waals surface area contributed by atoms with Gasteiger partial charge in [-0.2, -0.15) is 0 Å². The molecule has 1 N–H and O–H groups in total. The van der Waals surface area contributed by atoms with Crippen molar-refractivity contribution in [2.24, 2.45) is 0 Å². The zero-order valence-corrected chi connectivity index (χ0v) is 12.4. The molecule has 21 heavy (non-hydrogen) atoms. The molecule has 1 saturated heterocycles. The third-order valence-corrected chi connectivity index (χ3v) is 4.22. The fourth-order valence-corrected chi connectivity index (χ4v) is 2.90. The van der Waals surface area contributed by atoms with Crippen molar-refractivity contribution >= 4 is 5.91 Å². The molecule has 3 rings (SSSR count). The first kappa shape index (κ1) is 14.4. The summed E-state index contributed by atoms with van der Waals surface area (Å²) in [6.07, 6.45) is 1.95. The van der Waals surface area contributed by atoms with E-state index < -0.39 is 0 Å². The van der Waals surface area contributed by atoms with Gasteiger partial charge in [-0.3, -0.25) is 9.69 Å². The number of methoxy groups -OCH3 is 1. The number of nitrogens with one attached hydrogen (secondary N) is 1. The van der Waals surface area contributed by atoms with Crippen LogP contribution in [0.3, 0.4) is 0 Å². The average molecular weight is 290 g/mol. The summed E-state index contributed by atoms with van der Waals surface area (Å²) in [4.78, 5) is 14.4. The second-order valence-electron chi connectivity index (χ2n) is 5.72. The number of para-hydroxylation sites is 1. The van der Waals surface area contributed by atoms with Crippen molar-refractivity contribution in [1.82, 2.24) is 10.2 Å². The molecule has 5 heteroatoms. The maximum Gasteiger partial charge on any atom is 0.234 e. The fraction of sp³-hybridized carbons (Fsp3) is 0.562. The van der Waals surface area contributed by atoms with Gasteiger partial charge in [0.15, 0.2) is 0 Å². The van der Waals surface area contributed by atoms with Gasteiger partial charge in [0.2, 0.25) is 5.91 Å². The Morgan fingerprint density at radius 1 is 1.33 bits per heavy atom. The van der Waals surface area contributed by atoms with Crippen LogP contribution in [0.15, 0.2) is 24.3 Å². The standard InChI is InChI=1S/C16H22N2O3/c1-20-14-5-3-2-4-13(14)16(6-7-16)17-15(19)12-18-8-10-21-11-9-18/h2-5H,6-12H2,1H3,(H,17,19). The Hall–Kier alpha value is -1.59. The summed E-state index contributed by atoms with van der Waals surface area (Å²) < 4.78 is 10.7. The SMILES string of the molecule is COc1ccccc1C1(NC(=O)CN2CCOCC2)CC1. The molecule has 1 aliphatic heterocycles. The van der Waals surface area contributed by atoms with Gasteiger partial charge in [-0.05, 0) is 18.9 Å². The zero-order chi connectivity index (χ0) is 14.7. The molecular weight excluding hydrogens is 268 g/mol. The van der Waals surface area contributed by atoms with E-state index in [0.29, 0.717) is 19.8 Å². The molecule has 2 fully saturated rings. The van der Waals surface area contributed by atoms with Crippen molar-refractivity contribution in [2.75, 3.05) is 40.0 Å². The van der Waals surface area contributed by atoms with Crippen LogP contribution in [-0.4, -0.2) is 50.8 Å². The first-order valence-corrected chi connectivity index (χ1v) is 7.48. The summed E-state index contributed by atoms with van der Waals surface area (Å²) in [5.41, 5.74) is 0.860. The number of nitrogens with zero attached hydrogens (tertiary/aromatic N) is 1. The molecule has 1 aromatic rings. The molecule has 0 spiro atoms. The van der Waals surface area contributed by atoms with E-state index in [1.165, 1.54) is 0 Å². The first-order chi connectivity index (χ1) is 10.2. The Morgan fingerprint density at radius 2 is 2.05 bits per heavy atom. The minimum absolute atomic E-state index is 0.0836. The normalized spacial score (nSPS) is 20.8. The molecule has 0 unspecified atom stereocenters. The van der Waals surface area contributed by atoms with Crippen molar-refractivity contribution in [1.29, 1.82) is 0 Å². The van der Waals surface area contributed by atoms with Crippen molar-refractivity contribution in [3.8, 4) is 5.75 Å². The zero-order valence-electron chi connectivity index (χ0n) is 12.4. The molecule has 1 saturated carbocycles. The van der Waals surface area contributed by atoms with Crippen LogP contribution in [0.4, 0.5) is 0 Å². The molecule has 114 valence electrons. The number of ether oxygens (including phenoxy) is 2. The van der Waals surface area contributed by atoms with Crippen LogP contribution in [0, 0.1) is 0 Å². The average Bonchev–Trinajstić information content (AvgIpc) is 3.28. The molecular formula is C16H22N2O3. The van der Waals surface area contributed by atoms with Gasteiger partial charge in [0.05, 0.1) is 32.4 Å². The fourth-order valence-electron chi connectivity index (χ4n) is 2.90. The van der Waals surface area contributed by atoms with E-state index >= 15 is 0 Å². The Labute approximate surface area is 125 Å². The van der Waals surface area contributed by atoms with Gasteiger partial charge >= 0.3 is 0 Å². The highest BCUT2D eigenvalue weighted by molar-refractivity contribution is 5.79. The number of morpholine rings is 1. The van der Waals surface area contributed by atoms with E-state index in [-0.39, 0.29) is 11.4 Å². The lowest BCUT2D eigenvalue weighted by molar-refractivity contribution is -0.124. The van der Waals surface area contributed by atoms with Crippen molar-refractivity contribution in [2.45, 2.75) is 18.4 Å². The van der Waals surface area contributed by atoms with Crippen molar-refractivity contribution in [3.05, 3.63) is 29.8 Å². The highest BCUT2D eigenvalue weighted by atomic mass is 16.5. The number of rotatable bonds is 5. The summed E-state index contributed by atoms with van der Waals surface area (Å²) in [6, 6.07) is 7.93. The smallest absolute Gasteiger partial charge is 0.234 e. The second kappa shape index (κ2) is 6.03. The van der Waals surface area contributed by atoms with Crippen LogP contribution in [-0.2, 0) is 15.1 Å². The molecule has 1 heterocycles. The summed E-state index contributed by atoms with van der Waals surface area (Å²) in [5.74, 6) is 0.932. The van der Waals surface area contributed by atoms with Gasteiger partial charge in [0.25, 0.3) is 0 Å². The Bertz CT molecular complexity index is 508. The number of carbonyl (C=O) groups is 1. The van der Waals surface area contributed by atoms with E-state index in [9.17, 15) is 4.79 Å². The second-order valence-corrected chi connectivity index (χ2v) is 5.72. The minimum Gasteiger partial charge on any atom is -0.496 e. The van der Waals surface area contributed by atoms with Crippen LogP contribution < -0.4 is 10.1 Å². The predicted octanol–water partition coefficient (Wildman–Crippen LogP) is 1.13. The van der Waals surface area contributed by atoms with Crippen LogP contribution in [0.2, 0.25) is 0 Å². The van der Waals surface area contributed by atoms with Crippen LogP contribution in [0.25, 0.3) is 0 Å². The van der Waals surface area contributed by atoms with Gasteiger partial charge in [-0.25, -0.2) is 0 Å². The lowest BCUT2D eigenvalue weighted by Gasteiger charge is -2.27. The Balaban J connectivity index is 1.64. The van der Waals surface area contributed by atoms with Crippen LogP contribution in [0.5, 0.6) is 5.75 Å². The van der Waals surface area contributed by atoms with Gasteiger partial charge in [-0.1, -0.05) is 18.2 Å². The summed E-state index contributed by atoms with van der Waals surface area (Å²) >= 11 is 0. The molecule has 0 radical (unpaired) electrons. The molecule has 1 aromatic carbocycles. The first-order valence-electron chi connectivity index (χ1n) is 7.48. The quantitative estimate of drug-likeness (QED) is 0.883. The molecule has 0 atom stereocenters. The van der Waals surface area contributed by atoms with E-state index in [0.717, 1.165) is 37.2 Å².